The summed E-state index contributed by atoms with van der Waals surface area (Å²) < 4.78 is 0. The molecule has 0 bridgehead atoms. The van der Waals surface area contributed by atoms with E-state index in [0.29, 0.717) is 35.8 Å². The Hall–Kier alpha value is -1.85. The maximum absolute atomic E-state index is 12.1. The van der Waals surface area contributed by atoms with Gasteiger partial charge in [-0.25, -0.2) is 0 Å². The number of thiophene rings is 1. The van der Waals surface area contributed by atoms with Crippen LogP contribution in [0.15, 0.2) is 41.8 Å². The van der Waals surface area contributed by atoms with Gasteiger partial charge in [0.05, 0.1) is 4.88 Å². The largest absolute Gasteiger partial charge is 0.351 e. The summed E-state index contributed by atoms with van der Waals surface area (Å²) in [7, 11) is 1.76. The van der Waals surface area contributed by atoms with Crippen molar-refractivity contribution in [3.63, 3.8) is 0 Å². The molecular formula is C17H19ClN2O2S. The molecule has 2 rings (SSSR count). The predicted octanol–water partition coefficient (Wildman–Crippen LogP) is 3.57. The summed E-state index contributed by atoms with van der Waals surface area (Å²) >= 11 is 7.50. The van der Waals surface area contributed by atoms with Gasteiger partial charge in [-0.1, -0.05) is 35.9 Å². The minimum atomic E-state index is -0.0862. The van der Waals surface area contributed by atoms with E-state index in [-0.39, 0.29) is 11.8 Å². The van der Waals surface area contributed by atoms with Crippen molar-refractivity contribution in [2.45, 2.75) is 19.4 Å². The standard InChI is InChI=1S/C17H19ClN2O2S/c1-20(12-13-6-2-3-7-14(13)18)16(21)9-4-10-19-17(22)15-8-5-11-23-15/h2-3,5-8,11H,4,9-10,12H2,1H3,(H,19,22). The normalized spacial score (nSPS) is 10.3. The molecule has 1 aromatic heterocycles. The van der Waals surface area contributed by atoms with Gasteiger partial charge < -0.3 is 10.2 Å². The van der Waals surface area contributed by atoms with Gasteiger partial charge in [0, 0.05) is 31.6 Å². The summed E-state index contributed by atoms with van der Waals surface area (Å²) in [6.07, 6.45) is 1.01. The molecule has 23 heavy (non-hydrogen) atoms. The van der Waals surface area contributed by atoms with Crippen LogP contribution in [0, 0.1) is 0 Å². The van der Waals surface area contributed by atoms with Crippen molar-refractivity contribution < 1.29 is 9.59 Å². The molecule has 0 aliphatic rings. The number of hydrogen-bond donors (Lipinski definition) is 1. The van der Waals surface area contributed by atoms with Gasteiger partial charge >= 0.3 is 0 Å². The van der Waals surface area contributed by atoms with Crippen LogP contribution in [-0.4, -0.2) is 30.3 Å². The fourth-order valence-electron chi connectivity index (χ4n) is 2.10. The zero-order valence-electron chi connectivity index (χ0n) is 12.9. The van der Waals surface area contributed by atoms with E-state index in [1.54, 1.807) is 18.0 Å². The zero-order chi connectivity index (χ0) is 16.7. The summed E-state index contributed by atoms with van der Waals surface area (Å²) in [5.41, 5.74) is 0.927. The highest BCUT2D eigenvalue weighted by atomic mass is 35.5. The van der Waals surface area contributed by atoms with Crippen LogP contribution in [0.2, 0.25) is 5.02 Å². The van der Waals surface area contributed by atoms with Crippen LogP contribution < -0.4 is 5.32 Å². The summed E-state index contributed by atoms with van der Waals surface area (Å²) in [4.78, 5) is 26.2. The summed E-state index contributed by atoms with van der Waals surface area (Å²) in [6, 6.07) is 11.1. The maximum atomic E-state index is 12.1. The third-order valence-electron chi connectivity index (χ3n) is 3.39. The molecule has 0 saturated heterocycles. The summed E-state index contributed by atoms with van der Waals surface area (Å²) in [5.74, 6) is -0.0489. The van der Waals surface area contributed by atoms with Crippen molar-refractivity contribution in [3.05, 3.63) is 57.2 Å². The van der Waals surface area contributed by atoms with E-state index in [9.17, 15) is 9.59 Å². The highest BCUT2D eigenvalue weighted by Crippen LogP contribution is 2.16. The lowest BCUT2D eigenvalue weighted by molar-refractivity contribution is -0.130. The van der Waals surface area contributed by atoms with Gasteiger partial charge in [0.15, 0.2) is 0 Å². The number of benzene rings is 1. The molecule has 1 aromatic carbocycles. The number of halogens is 1. The smallest absolute Gasteiger partial charge is 0.261 e. The molecule has 0 unspecified atom stereocenters. The minimum Gasteiger partial charge on any atom is -0.351 e. The fourth-order valence-corrected chi connectivity index (χ4v) is 2.93. The first kappa shape index (κ1) is 17.5. The van der Waals surface area contributed by atoms with Crippen molar-refractivity contribution in [2.75, 3.05) is 13.6 Å². The van der Waals surface area contributed by atoms with Gasteiger partial charge in [0.2, 0.25) is 5.91 Å². The van der Waals surface area contributed by atoms with Crippen molar-refractivity contribution >= 4 is 34.8 Å². The van der Waals surface area contributed by atoms with E-state index in [2.05, 4.69) is 5.32 Å². The Labute approximate surface area is 145 Å². The lowest BCUT2D eigenvalue weighted by Gasteiger charge is -2.18. The molecule has 0 aliphatic heterocycles. The van der Waals surface area contributed by atoms with Crippen LogP contribution in [0.1, 0.15) is 28.1 Å². The maximum Gasteiger partial charge on any atom is 0.261 e. The lowest BCUT2D eigenvalue weighted by Crippen LogP contribution is -2.28. The second kappa shape index (κ2) is 8.70. The topological polar surface area (TPSA) is 49.4 Å². The molecule has 1 N–H and O–H groups in total. The third kappa shape index (κ3) is 5.37. The van der Waals surface area contributed by atoms with E-state index >= 15 is 0 Å². The number of nitrogens with one attached hydrogen (secondary N) is 1. The van der Waals surface area contributed by atoms with E-state index in [4.69, 9.17) is 11.6 Å². The van der Waals surface area contributed by atoms with E-state index in [1.807, 2.05) is 35.7 Å². The SMILES string of the molecule is CN(Cc1ccccc1Cl)C(=O)CCCNC(=O)c1cccs1. The van der Waals surface area contributed by atoms with Gasteiger partial charge in [-0.2, -0.15) is 0 Å². The molecule has 0 aliphatic carbocycles. The number of nitrogens with zero attached hydrogens (tertiary/aromatic N) is 1. The van der Waals surface area contributed by atoms with Gasteiger partial charge in [0.1, 0.15) is 0 Å². The first-order valence-corrected chi connectivity index (χ1v) is 8.63. The Kier molecular flexibility index (Phi) is 6.62. The van der Waals surface area contributed by atoms with Crippen LogP contribution in [0.4, 0.5) is 0 Å². The van der Waals surface area contributed by atoms with Crippen molar-refractivity contribution in [3.8, 4) is 0 Å². The Bertz CT molecular complexity index is 658. The Balaban J connectivity index is 1.70. The quantitative estimate of drug-likeness (QED) is 0.776. The highest BCUT2D eigenvalue weighted by molar-refractivity contribution is 7.12. The molecule has 6 heteroatoms. The number of hydrogen-bond acceptors (Lipinski definition) is 3. The second-order valence-electron chi connectivity index (χ2n) is 5.18. The second-order valence-corrected chi connectivity index (χ2v) is 6.53. The number of carbonyl (C=O) groups is 2. The molecule has 0 radical (unpaired) electrons. The first-order chi connectivity index (χ1) is 11.1. The lowest BCUT2D eigenvalue weighted by atomic mass is 10.2. The Morgan fingerprint density at radius 3 is 2.70 bits per heavy atom. The average Bonchev–Trinajstić information content (AvgIpc) is 3.07. The Morgan fingerprint density at radius 2 is 2.00 bits per heavy atom. The van der Waals surface area contributed by atoms with Crippen molar-refractivity contribution in [1.82, 2.24) is 10.2 Å². The van der Waals surface area contributed by atoms with Crippen molar-refractivity contribution in [2.24, 2.45) is 0 Å². The number of amides is 2. The Morgan fingerprint density at radius 1 is 1.22 bits per heavy atom. The fraction of sp³-hybridized carbons (Fsp3) is 0.294. The zero-order valence-corrected chi connectivity index (χ0v) is 14.5. The van der Waals surface area contributed by atoms with Gasteiger partial charge in [-0.05, 0) is 29.5 Å². The van der Waals surface area contributed by atoms with Gasteiger partial charge in [-0.15, -0.1) is 11.3 Å². The molecule has 1 heterocycles. The number of carbonyl (C=O) groups excluding carboxylic acids is 2. The molecule has 0 saturated carbocycles. The first-order valence-electron chi connectivity index (χ1n) is 7.37. The van der Waals surface area contributed by atoms with Crippen LogP contribution in [0.5, 0.6) is 0 Å². The predicted molar refractivity (Wildman–Crippen MR) is 93.8 cm³/mol. The third-order valence-corrected chi connectivity index (χ3v) is 4.63. The van der Waals surface area contributed by atoms with Crippen molar-refractivity contribution in [1.29, 1.82) is 0 Å². The monoisotopic (exact) mass is 350 g/mol. The van der Waals surface area contributed by atoms with E-state index < -0.39 is 0 Å². The van der Waals surface area contributed by atoms with E-state index in [0.717, 1.165) is 5.56 Å². The van der Waals surface area contributed by atoms with Crippen LogP contribution in [-0.2, 0) is 11.3 Å². The highest BCUT2D eigenvalue weighted by Gasteiger charge is 2.11. The minimum absolute atomic E-state index is 0.0373. The molecule has 2 amide bonds. The summed E-state index contributed by atoms with van der Waals surface area (Å²) in [6.45, 7) is 0.975. The van der Waals surface area contributed by atoms with Gasteiger partial charge in [-0.3, -0.25) is 9.59 Å². The van der Waals surface area contributed by atoms with Crippen LogP contribution >= 0.6 is 22.9 Å². The summed E-state index contributed by atoms with van der Waals surface area (Å²) in [5, 5.41) is 5.34. The molecule has 0 atom stereocenters. The molecule has 122 valence electrons. The van der Waals surface area contributed by atoms with Crippen LogP contribution in [0.25, 0.3) is 0 Å². The molecule has 0 spiro atoms. The van der Waals surface area contributed by atoms with Gasteiger partial charge in [0.25, 0.3) is 5.91 Å². The molecule has 2 aromatic rings. The number of rotatable bonds is 7. The average molecular weight is 351 g/mol. The molecule has 4 nitrogen and oxygen atoms in total. The molecular weight excluding hydrogens is 332 g/mol. The van der Waals surface area contributed by atoms with Crippen LogP contribution in [0.3, 0.4) is 0 Å². The molecule has 0 fully saturated rings. The van der Waals surface area contributed by atoms with E-state index in [1.165, 1.54) is 11.3 Å².